The number of hydrogen-bond donors (Lipinski definition) is 0. The van der Waals surface area contributed by atoms with Gasteiger partial charge in [-0.3, -0.25) is 4.90 Å². The molecule has 7 aromatic carbocycles. The van der Waals surface area contributed by atoms with Crippen LogP contribution >= 0.6 is 0 Å². The minimum absolute atomic E-state index is 0.00139. The van der Waals surface area contributed by atoms with Gasteiger partial charge in [0.05, 0.1) is 5.69 Å². The molecule has 0 bridgehead atoms. The fourth-order valence-electron chi connectivity index (χ4n) is 12.2. The monoisotopic (exact) mass is 962 g/mol. The Morgan fingerprint density at radius 1 is 0.534 bits per heavy atom. The maximum Gasteiger partial charge on any atom is 0.257 e. The summed E-state index contributed by atoms with van der Waals surface area (Å²) in [5.41, 5.74) is 23.2. The molecule has 0 fully saturated rings. The van der Waals surface area contributed by atoms with E-state index in [2.05, 4.69) is 265 Å². The van der Waals surface area contributed by atoms with E-state index >= 15 is 0 Å². The van der Waals surface area contributed by atoms with E-state index in [1.54, 1.807) is 0 Å². The van der Waals surface area contributed by atoms with Gasteiger partial charge in [0, 0.05) is 50.7 Å². The van der Waals surface area contributed by atoms with E-state index in [9.17, 15) is 0 Å². The van der Waals surface area contributed by atoms with E-state index < -0.39 is 0 Å². The van der Waals surface area contributed by atoms with Crippen LogP contribution in [0.15, 0.2) is 144 Å². The number of para-hydroxylation sites is 1. The number of hydrogen-bond acceptors (Lipinski definition) is 4. The van der Waals surface area contributed by atoms with Crippen molar-refractivity contribution in [2.24, 2.45) is 0 Å². The summed E-state index contributed by atoms with van der Waals surface area (Å²) in [5.74, 6) is 1.31. The van der Waals surface area contributed by atoms with Crippen LogP contribution in [-0.2, 0) is 27.1 Å². The minimum atomic E-state index is -0.126. The van der Waals surface area contributed by atoms with E-state index in [0.29, 0.717) is 5.92 Å². The molecule has 0 spiro atoms. The third-order valence-electron chi connectivity index (χ3n) is 16.9. The van der Waals surface area contributed by atoms with Crippen LogP contribution in [0.2, 0.25) is 0 Å². The predicted molar refractivity (Wildman–Crippen MR) is 315 cm³/mol. The Morgan fingerprint density at radius 3 is 1.60 bits per heavy atom. The van der Waals surface area contributed by atoms with Crippen molar-refractivity contribution in [2.45, 2.75) is 157 Å². The maximum absolute atomic E-state index is 7.46. The summed E-state index contributed by atoms with van der Waals surface area (Å²) in [6.45, 7) is 37.3. The summed E-state index contributed by atoms with van der Waals surface area (Å²) < 4.78 is 7.46. The third-order valence-corrected chi connectivity index (χ3v) is 16.9. The van der Waals surface area contributed by atoms with Crippen LogP contribution in [0.3, 0.4) is 0 Å². The van der Waals surface area contributed by atoms with Gasteiger partial charge in [-0.25, -0.2) is 0 Å². The van der Waals surface area contributed by atoms with Crippen LogP contribution in [0.25, 0.3) is 11.0 Å². The van der Waals surface area contributed by atoms with E-state index in [1.165, 1.54) is 72.1 Å². The van der Waals surface area contributed by atoms with Crippen molar-refractivity contribution in [3.63, 3.8) is 0 Å². The second kappa shape index (κ2) is 16.8. The van der Waals surface area contributed by atoms with E-state index in [-0.39, 0.29) is 33.8 Å². The number of aryl methyl sites for hydroxylation is 1. The average molecular weight is 962 g/mol. The summed E-state index contributed by atoms with van der Waals surface area (Å²) >= 11 is 0. The highest BCUT2D eigenvalue weighted by Gasteiger charge is 2.49. The quantitative estimate of drug-likeness (QED) is 0.155. The van der Waals surface area contributed by atoms with Crippen LogP contribution in [0.4, 0.5) is 51.4 Å². The number of benzene rings is 7. The summed E-state index contributed by atoms with van der Waals surface area (Å²) in [5, 5.41) is 1.18. The Balaban J connectivity index is 1.31. The van der Waals surface area contributed by atoms with Crippen LogP contribution in [0.5, 0.6) is 0 Å². The first-order valence-corrected chi connectivity index (χ1v) is 27.0. The molecule has 1 aliphatic carbocycles. The molecule has 4 nitrogen and oxygen atoms in total. The first-order chi connectivity index (χ1) is 34.3. The molecule has 3 heterocycles. The SMILES string of the molecule is Cc1ccccc1N(c1ccc(C(C)C)cc1)c1cc2c3c(c1)N(c1ccc(C(C)(C)C)cc1)c1oc4ccc(C(C)(C)C)cc4c1B3c1cc3c(cc1N2c1ccc(C(C)(C)C)cc1)C(C)(C)CCC3(C)C. The molecular weight excluding hydrogens is 886 g/mol. The molecule has 73 heavy (non-hydrogen) atoms. The Kier molecular flexibility index (Phi) is 11.2. The minimum Gasteiger partial charge on any atom is -0.440 e. The van der Waals surface area contributed by atoms with Gasteiger partial charge in [-0.2, -0.15) is 0 Å². The average Bonchev–Trinajstić information content (AvgIpc) is 3.71. The van der Waals surface area contributed by atoms with Crippen molar-refractivity contribution in [2.75, 3.05) is 14.7 Å². The number of fused-ring (bicyclic) bond motifs is 7. The van der Waals surface area contributed by atoms with Gasteiger partial charge in [0.2, 0.25) is 5.88 Å². The largest absolute Gasteiger partial charge is 0.440 e. The van der Waals surface area contributed by atoms with Crippen LogP contribution in [0, 0.1) is 6.92 Å². The van der Waals surface area contributed by atoms with Gasteiger partial charge >= 0.3 is 0 Å². The first-order valence-electron chi connectivity index (χ1n) is 27.0. The summed E-state index contributed by atoms with van der Waals surface area (Å²) in [6, 6.07) is 54.1. The molecule has 0 saturated carbocycles. The molecule has 2 aliphatic heterocycles. The highest BCUT2D eigenvalue weighted by molar-refractivity contribution is 7.01. The molecule has 0 atom stereocenters. The van der Waals surface area contributed by atoms with E-state index in [0.717, 1.165) is 58.4 Å². The molecule has 372 valence electrons. The van der Waals surface area contributed by atoms with Crippen molar-refractivity contribution in [3.05, 3.63) is 178 Å². The second-order valence-corrected chi connectivity index (χ2v) is 26.5. The summed E-state index contributed by atoms with van der Waals surface area (Å²) in [4.78, 5) is 7.59. The lowest BCUT2D eigenvalue weighted by Crippen LogP contribution is -2.61. The number of anilines is 9. The Morgan fingerprint density at radius 2 is 1.05 bits per heavy atom. The molecule has 8 aromatic rings. The zero-order valence-corrected chi connectivity index (χ0v) is 46.6. The smallest absolute Gasteiger partial charge is 0.257 e. The number of nitrogens with zero attached hydrogens (tertiary/aromatic N) is 3. The van der Waals surface area contributed by atoms with Gasteiger partial charge in [-0.05, 0) is 175 Å². The van der Waals surface area contributed by atoms with Crippen molar-refractivity contribution < 1.29 is 4.42 Å². The van der Waals surface area contributed by atoms with Gasteiger partial charge in [-0.1, -0.05) is 171 Å². The fourth-order valence-corrected chi connectivity index (χ4v) is 12.2. The zero-order valence-electron chi connectivity index (χ0n) is 46.6. The Bertz CT molecular complexity index is 3440. The summed E-state index contributed by atoms with van der Waals surface area (Å²) in [6.07, 6.45) is 2.27. The molecule has 0 radical (unpaired) electrons. The van der Waals surface area contributed by atoms with Crippen molar-refractivity contribution in [1.29, 1.82) is 0 Å². The third kappa shape index (κ3) is 8.12. The Hall–Kier alpha value is -6.46. The topological polar surface area (TPSA) is 22.9 Å². The van der Waals surface area contributed by atoms with Crippen LogP contribution < -0.4 is 31.1 Å². The standard InChI is InChI=1S/C68H76BN3O/c1-42(2)44-21-28-48(29-22-44)70(56-20-18-17-19-43(56)3)51-38-58-62-59(39-51)72(50-32-25-46(26-33-50)65(7,8)9)63-61(52-37-47(66(10,11)12)27-34-60(52)73-63)69(62)55-40-53-54(68(15,16)36-35-67(53,13)14)41-57(55)71(58)49-30-23-45(24-31-49)64(4,5)6/h17-34,37-42H,35-36H2,1-16H3. The lowest BCUT2D eigenvalue weighted by molar-refractivity contribution is 0.332. The maximum atomic E-state index is 7.46. The van der Waals surface area contributed by atoms with Crippen LogP contribution in [-0.4, -0.2) is 6.71 Å². The van der Waals surface area contributed by atoms with Crippen LogP contribution in [0.1, 0.15) is 162 Å². The molecule has 0 amide bonds. The fraction of sp³-hybridized carbons (Fsp3) is 0.353. The lowest BCUT2D eigenvalue weighted by Gasteiger charge is -2.47. The molecule has 1 aromatic heterocycles. The van der Waals surface area contributed by atoms with Crippen molar-refractivity contribution in [1.82, 2.24) is 0 Å². The van der Waals surface area contributed by atoms with Gasteiger partial charge in [0.1, 0.15) is 5.58 Å². The normalized spacial score (nSPS) is 15.8. The highest BCUT2D eigenvalue weighted by atomic mass is 16.4. The highest BCUT2D eigenvalue weighted by Crippen LogP contribution is 2.53. The molecule has 0 unspecified atom stereocenters. The van der Waals surface area contributed by atoms with E-state index in [4.69, 9.17) is 4.42 Å². The Labute approximate surface area is 437 Å². The number of rotatable bonds is 6. The molecule has 11 rings (SSSR count). The van der Waals surface area contributed by atoms with Gasteiger partial charge in [0.15, 0.2) is 0 Å². The zero-order chi connectivity index (χ0) is 51.9. The molecule has 0 N–H and O–H groups in total. The lowest BCUT2D eigenvalue weighted by atomic mass is 9.33. The summed E-state index contributed by atoms with van der Waals surface area (Å²) in [7, 11) is 0. The van der Waals surface area contributed by atoms with Gasteiger partial charge in [0.25, 0.3) is 6.71 Å². The molecule has 0 saturated heterocycles. The molecule has 3 aliphatic rings. The predicted octanol–water partition coefficient (Wildman–Crippen LogP) is 17.7. The van der Waals surface area contributed by atoms with E-state index in [1.807, 2.05) is 0 Å². The van der Waals surface area contributed by atoms with Crippen molar-refractivity contribution in [3.8, 4) is 0 Å². The first kappa shape index (κ1) is 48.8. The van der Waals surface area contributed by atoms with Gasteiger partial charge in [-0.15, -0.1) is 0 Å². The molecular formula is C68H76BN3O. The molecule has 5 heteroatoms. The van der Waals surface area contributed by atoms with Gasteiger partial charge < -0.3 is 14.2 Å². The van der Waals surface area contributed by atoms with Crippen molar-refractivity contribution >= 4 is 85.5 Å². The second-order valence-electron chi connectivity index (χ2n) is 26.5. The number of furan rings is 1.